The Morgan fingerprint density at radius 2 is 1.82 bits per heavy atom. The van der Waals surface area contributed by atoms with Crippen LogP contribution in [0.5, 0.6) is 0 Å². The predicted molar refractivity (Wildman–Crippen MR) is 73.8 cm³/mol. The first-order chi connectivity index (χ1) is 8.33. The van der Waals surface area contributed by atoms with E-state index >= 15 is 0 Å². The van der Waals surface area contributed by atoms with Crippen LogP contribution in [0.2, 0.25) is 0 Å². The maximum absolute atomic E-state index is 4.27. The van der Waals surface area contributed by atoms with Crippen LogP contribution >= 0.6 is 0 Å². The molecule has 98 valence electrons. The summed E-state index contributed by atoms with van der Waals surface area (Å²) in [5.41, 5.74) is 0. The van der Waals surface area contributed by atoms with Gasteiger partial charge in [-0.3, -0.25) is 4.90 Å². The molecule has 3 nitrogen and oxygen atoms in total. The van der Waals surface area contributed by atoms with Crippen LogP contribution in [0.4, 0.5) is 0 Å². The lowest BCUT2D eigenvalue weighted by atomic mass is 9.83. The van der Waals surface area contributed by atoms with Crippen molar-refractivity contribution in [2.24, 2.45) is 10.9 Å². The number of rotatable bonds is 3. The normalized spacial score (nSPS) is 32.4. The van der Waals surface area contributed by atoms with E-state index in [1.54, 1.807) is 0 Å². The van der Waals surface area contributed by atoms with E-state index in [-0.39, 0.29) is 0 Å². The lowest BCUT2D eigenvalue weighted by Crippen LogP contribution is -2.49. The van der Waals surface area contributed by atoms with E-state index < -0.39 is 0 Å². The fourth-order valence-electron chi connectivity index (χ4n) is 3.50. The van der Waals surface area contributed by atoms with Gasteiger partial charge in [0, 0.05) is 31.3 Å². The maximum atomic E-state index is 4.27. The lowest BCUT2D eigenvalue weighted by molar-refractivity contribution is 0.0974. The van der Waals surface area contributed by atoms with E-state index in [1.165, 1.54) is 51.6 Å². The second-order valence-electron chi connectivity index (χ2n) is 5.57. The Balaban J connectivity index is 1.96. The first-order valence-corrected chi connectivity index (χ1v) is 7.18. The van der Waals surface area contributed by atoms with Crippen LogP contribution in [-0.4, -0.2) is 50.4 Å². The molecule has 1 saturated carbocycles. The van der Waals surface area contributed by atoms with E-state index in [0.29, 0.717) is 5.92 Å². The van der Waals surface area contributed by atoms with E-state index in [2.05, 4.69) is 28.5 Å². The van der Waals surface area contributed by atoms with Crippen molar-refractivity contribution in [2.75, 3.05) is 27.2 Å². The molecule has 1 heterocycles. The second-order valence-corrected chi connectivity index (χ2v) is 5.57. The zero-order valence-electron chi connectivity index (χ0n) is 11.4. The summed E-state index contributed by atoms with van der Waals surface area (Å²) in [4.78, 5) is 6.93. The minimum absolute atomic E-state index is 0.689. The molecule has 1 N–H and O–H groups in total. The van der Waals surface area contributed by atoms with Crippen molar-refractivity contribution in [3.05, 3.63) is 0 Å². The summed E-state index contributed by atoms with van der Waals surface area (Å²) in [5, 5.41) is 3.46. The first kappa shape index (κ1) is 13.0. The molecule has 0 aromatic heterocycles. The molecule has 1 saturated heterocycles. The van der Waals surface area contributed by atoms with Crippen LogP contribution < -0.4 is 5.32 Å². The quantitative estimate of drug-likeness (QED) is 0.760. The molecule has 0 radical (unpaired) electrons. The van der Waals surface area contributed by atoms with E-state index in [1.807, 2.05) is 7.05 Å². The van der Waals surface area contributed by atoms with Gasteiger partial charge in [-0.05, 0) is 45.8 Å². The summed E-state index contributed by atoms with van der Waals surface area (Å²) in [6.07, 6.45) is 10.3. The van der Waals surface area contributed by atoms with Crippen LogP contribution in [0.15, 0.2) is 4.99 Å². The smallest absolute Gasteiger partial charge is 0.0273 e. The Labute approximate surface area is 106 Å². The van der Waals surface area contributed by atoms with Gasteiger partial charge in [0.25, 0.3) is 0 Å². The minimum atomic E-state index is 0.689. The van der Waals surface area contributed by atoms with Crippen molar-refractivity contribution < 1.29 is 0 Å². The molecule has 0 aromatic carbocycles. The molecule has 1 unspecified atom stereocenters. The Morgan fingerprint density at radius 3 is 2.53 bits per heavy atom. The fourth-order valence-corrected chi connectivity index (χ4v) is 3.50. The fraction of sp³-hybridized carbons (Fsp3) is 0.929. The van der Waals surface area contributed by atoms with Gasteiger partial charge in [0.15, 0.2) is 0 Å². The number of nitrogens with zero attached hydrogens (tertiary/aromatic N) is 2. The van der Waals surface area contributed by atoms with E-state index in [9.17, 15) is 0 Å². The van der Waals surface area contributed by atoms with Crippen molar-refractivity contribution in [1.29, 1.82) is 0 Å². The number of aliphatic imine (C=N–C) groups is 1. The number of hydrogen-bond donors (Lipinski definition) is 1. The first-order valence-electron chi connectivity index (χ1n) is 7.18. The molecule has 17 heavy (non-hydrogen) atoms. The van der Waals surface area contributed by atoms with Crippen LogP contribution in [0.1, 0.15) is 38.5 Å². The Kier molecular flexibility index (Phi) is 4.99. The highest BCUT2D eigenvalue weighted by Crippen LogP contribution is 2.29. The third kappa shape index (κ3) is 3.29. The van der Waals surface area contributed by atoms with Crippen LogP contribution in [0.3, 0.4) is 0 Å². The lowest BCUT2D eigenvalue weighted by Gasteiger charge is -2.42. The van der Waals surface area contributed by atoms with Gasteiger partial charge in [-0.15, -0.1) is 0 Å². The average Bonchev–Trinajstić information content (AvgIpc) is 2.40. The summed E-state index contributed by atoms with van der Waals surface area (Å²) >= 11 is 0. The molecule has 1 aliphatic heterocycles. The highest BCUT2D eigenvalue weighted by molar-refractivity contribution is 5.61. The molecule has 0 amide bonds. The monoisotopic (exact) mass is 237 g/mol. The Morgan fingerprint density at radius 1 is 1.12 bits per heavy atom. The Hall–Kier alpha value is -0.410. The second kappa shape index (κ2) is 6.50. The van der Waals surface area contributed by atoms with Crippen molar-refractivity contribution in [3.8, 4) is 0 Å². The topological polar surface area (TPSA) is 27.6 Å². The molecule has 0 aromatic rings. The summed E-state index contributed by atoms with van der Waals surface area (Å²) < 4.78 is 0. The van der Waals surface area contributed by atoms with Crippen molar-refractivity contribution in [1.82, 2.24) is 10.2 Å². The third-order valence-electron chi connectivity index (χ3n) is 4.53. The SMILES string of the molecule is CN=CC1CCCC[C@@H]1N(C)C1CCNCC1. The molecule has 2 aliphatic rings. The highest BCUT2D eigenvalue weighted by atomic mass is 15.2. The van der Waals surface area contributed by atoms with Gasteiger partial charge in [-0.2, -0.15) is 0 Å². The van der Waals surface area contributed by atoms with Crippen molar-refractivity contribution in [2.45, 2.75) is 50.6 Å². The Bertz CT molecular complexity index is 246. The number of piperidine rings is 1. The molecule has 0 spiro atoms. The number of nitrogens with one attached hydrogen (secondary N) is 1. The molecule has 2 rings (SSSR count). The van der Waals surface area contributed by atoms with Gasteiger partial charge in [0.05, 0.1) is 0 Å². The maximum Gasteiger partial charge on any atom is 0.0273 e. The molecule has 0 bridgehead atoms. The van der Waals surface area contributed by atoms with Crippen LogP contribution in [0, 0.1) is 5.92 Å². The summed E-state index contributed by atoms with van der Waals surface area (Å²) in [6, 6.07) is 1.52. The zero-order valence-corrected chi connectivity index (χ0v) is 11.4. The average molecular weight is 237 g/mol. The largest absolute Gasteiger partial charge is 0.317 e. The van der Waals surface area contributed by atoms with Gasteiger partial charge >= 0.3 is 0 Å². The van der Waals surface area contributed by atoms with Gasteiger partial charge in [0.2, 0.25) is 0 Å². The summed E-state index contributed by atoms with van der Waals surface area (Å²) in [6.45, 7) is 2.38. The van der Waals surface area contributed by atoms with Crippen LogP contribution in [-0.2, 0) is 0 Å². The van der Waals surface area contributed by atoms with Gasteiger partial charge in [0.1, 0.15) is 0 Å². The zero-order chi connectivity index (χ0) is 12.1. The number of hydrogen-bond acceptors (Lipinski definition) is 3. The van der Waals surface area contributed by atoms with E-state index in [0.717, 1.165) is 12.1 Å². The van der Waals surface area contributed by atoms with E-state index in [4.69, 9.17) is 0 Å². The molecular weight excluding hydrogens is 210 g/mol. The van der Waals surface area contributed by atoms with Gasteiger partial charge in [-0.25, -0.2) is 0 Å². The summed E-state index contributed by atoms with van der Waals surface area (Å²) in [5.74, 6) is 0.689. The van der Waals surface area contributed by atoms with Crippen molar-refractivity contribution in [3.63, 3.8) is 0 Å². The third-order valence-corrected chi connectivity index (χ3v) is 4.53. The van der Waals surface area contributed by atoms with Crippen molar-refractivity contribution >= 4 is 6.21 Å². The molecular formula is C14H27N3. The summed E-state index contributed by atoms with van der Waals surface area (Å²) in [7, 11) is 4.25. The molecule has 2 fully saturated rings. The van der Waals surface area contributed by atoms with Crippen LogP contribution in [0.25, 0.3) is 0 Å². The molecule has 1 aliphatic carbocycles. The molecule has 3 heteroatoms. The van der Waals surface area contributed by atoms with Gasteiger partial charge in [-0.1, -0.05) is 12.8 Å². The molecule has 2 atom stereocenters. The van der Waals surface area contributed by atoms with Gasteiger partial charge < -0.3 is 10.3 Å². The predicted octanol–water partition coefficient (Wildman–Crippen LogP) is 1.93. The minimum Gasteiger partial charge on any atom is -0.317 e. The standard InChI is InChI=1S/C14H27N3/c1-15-11-12-5-3-4-6-14(12)17(2)13-7-9-16-10-8-13/h11-14,16H,3-10H2,1-2H3/t12?,14-/m0/s1. The highest BCUT2D eigenvalue weighted by Gasteiger charge is 2.31.